The minimum absolute atomic E-state index is 0.0581. The highest BCUT2D eigenvalue weighted by Crippen LogP contribution is 2.17. The van der Waals surface area contributed by atoms with Crippen molar-refractivity contribution in [1.29, 1.82) is 0 Å². The summed E-state index contributed by atoms with van der Waals surface area (Å²) in [5.41, 5.74) is 0. The van der Waals surface area contributed by atoms with Crippen molar-refractivity contribution in [2.24, 2.45) is 17.8 Å². The van der Waals surface area contributed by atoms with Crippen LogP contribution in [0.1, 0.15) is 27.2 Å². The second-order valence-electron chi connectivity index (χ2n) is 5.10. The molecule has 5 nitrogen and oxygen atoms in total. The van der Waals surface area contributed by atoms with Crippen molar-refractivity contribution in [2.75, 3.05) is 20.2 Å². The van der Waals surface area contributed by atoms with Gasteiger partial charge < -0.3 is 15.4 Å². The molecular weight excluding hydrogens is 232 g/mol. The van der Waals surface area contributed by atoms with E-state index < -0.39 is 6.04 Å². The smallest absolute Gasteiger partial charge is 0.328 e. The Morgan fingerprint density at radius 3 is 2.39 bits per heavy atom. The summed E-state index contributed by atoms with van der Waals surface area (Å²) in [7, 11) is 1.35. The Morgan fingerprint density at radius 1 is 1.39 bits per heavy atom. The first kappa shape index (κ1) is 15.0. The summed E-state index contributed by atoms with van der Waals surface area (Å²) in [4.78, 5) is 23.8. The molecule has 5 heteroatoms. The van der Waals surface area contributed by atoms with Gasteiger partial charge in [0.1, 0.15) is 6.04 Å². The second-order valence-corrected chi connectivity index (χ2v) is 5.10. The van der Waals surface area contributed by atoms with E-state index in [1.807, 2.05) is 20.8 Å². The number of nitrogens with one attached hydrogen (secondary N) is 2. The first-order valence-corrected chi connectivity index (χ1v) is 6.60. The zero-order valence-electron chi connectivity index (χ0n) is 11.7. The Labute approximate surface area is 109 Å². The van der Waals surface area contributed by atoms with Gasteiger partial charge in [0.25, 0.3) is 0 Å². The summed E-state index contributed by atoms with van der Waals surface area (Å²) >= 11 is 0. The van der Waals surface area contributed by atoms with Crippen LogP contribution in [0, 0.1) is 17.8 Å². The molecule has 1 saturated heterocycles. The van der Waals surface area contributed by atoms with Crippen molar-refractivity contribution in [3.63, 3.8) is 0 Å². The predicted molar refractivity (Wildman–Crippen MR) is 68.9 cm³/mol. The monoisotopic (exact) mass is 256 g/mol. The van der Waals surface area contributed by atoms with Gasteiger partial charge in [-0.1, -0.05) is 27.2 Å². The molecule has 0 aromatic carbocycles. The third-order valence-corrected chi connectivity index (χ3v) is 3.90. The third kappa shape index (κ3) is 3.45. The topological polar surface area (TPSA) is 67.4 Å². The zero-order valence-corrected chi connectivity index (χ0v) is 11.7. The van der Waals surface area contributed by atoms with E-state index in [0.717, 1.165) is 19.5 Å². The quantitative estimate of drug-likeness (QED) is 0.681. The summed E-state index contributed by atoms with van der Waals surface area (Å²) in [5, 5.41) is 5.97. The van der Waals surface area contributed by atoms with Crippen LogP contribution in [-0.4, -0.2) is 38.1 Å². The minimum Gasteiger partial charge on any atom is -0.467 e. The molecule has 1 fully saturated rings. The Balaban J connectivity index is 2.58. The normalized spacial score (nSPS) is 20.4. The van der Waals surface area contributed by atoms with E-state index in [1.54, 1.807) is 0 Å². The number of hydrogen-bond acceptors (Lipinski definition) is 4. The van der Waals surface area contributed by atoms with Gasteiger partial charge in [0, 0.05) is 5.92 Å². The number of carbonyl (C=O) groups excluding carboxylic acids is 2. The summed E-state index contributed by atoms with van der Waals surface area (Å²) in [6.07, 6.45) is 0.819. The number of hydrogen-bond donors (Lipinski definition) is 2. The molecule has 0 aliphatic carbocycles. The van der Waals surface area contributed by atoms with Crippen LogP contribution in [-0.2, 0) is 14.3 Å². The molecule has 0 spiro atoms. The molecule has 1 amide bonds. The third-order valence-electron chi connectivity index (χ3n) is 3.90. The highest BCUT2D eigenvalue weighted by molar-refractivity contribution is 5.86. The van der Waals surface area contributed by atoms with E-state index in [0.29, 0.717) is 5.92 Å². The summed E-state index contributed by atoms with van der Waals surface area (Å²) in [6, 6.07) is -0.539. The molecule has 3 atom stereocenters. The van der Waals surface area contributed by atoms with Gasteiger partial charge in [0.05, 0.1) is 7.11 Å². The second kappa shape index (κ2) is 6.73. The minimum atomic E-state index is -0.539. The van der Waals surface area contributed by atoms with Crippen molar-refractivity contribution < 1.29 is 14.3 Å². The molecule has 1 rings (SSSR count). The molecule has 0 bridgehead atoms. The van der Waals surface area contributed by atoms with Crippen LogP contribution < -0.4 is 10.6 Å². The van der Waals surface area contributed by atoms with Crippen molar-refractivity contribution in [3.8, 4) is 0 Å². The fourth-order valence-electron chi connectivity index (χ4n) is 1.96. The summed E-state index contributed by atoms with van der Waals surface area (Å²) in [6.45, 7) is 7.59. The van der Waals surface area contributed by atoms with E-state index in [4.69, 9.17) is 4.74 Å². The molecule has 3 unspecified atom stereocenters. The molecule has 1 aliphatic rings. The Bertz CT molecular complexity index is 303. The van der Waals surface area contributed by atoms with E-state index in [9.17, 15) is 9.59 Å². The first-order chi connectivity index (χ1) is 8.51. The Morgan fingerprint density at radius 2 is 2.00 bits per heavy atom. The van der Waals surface area contributed by atoms with Gasteiger partial charge in [-0.3, -0.25) is 4.79 Å². The zero-order chi connectivity index (χ0) is 13.7. The van der Waals surface area contributed by atoms with Crippen molar-refractivity contribution >= 4 is 11.9 Å². The average Bonchev–Trinajstić information content (AvgIpc) is 2.31. The lowest BCUT2D eigenvalue weighted by atomic mass is 9.87. The van der Waals surface area contributed by atoms with Crippen LogP contribution in [0.15, 0.2) is 0 Å². The number of rotatable bonds is 6. The molecule has 1 heterocycles. The largest absolute Gasteiger partial charge is 0.467 e. The number of esters is 1. The lowest BCUT2D eigenvalue weighted by Crippen LogP contribution is -2.53. The van der Waals surface area contributed by atoms with Crippen molar-refractivity contribution in [1.82, 2.24) is 10.6 Å². The molecule has 0 aromatic heterocycles. The van der Waals surface area contributed by atoms with Gasteiger partial charge in [0.15, 0.2) is 0 Å². The molecule has 0 saturated carbocycles. The maximum atomic E-state index is 12.1. The highest BCUT2D eigenvalue weighted by atomic mass is 16.5. The van der Waals surface area contributed by atoms with Gasteiger partial charge in [-0.25, -0.2) is 4.79 Å². The predicted octanol–water partition coefficient (Wildman–Crippen LogP) is 0.546. The lowest BCUT2D eigenvalue weighted by molar-refractivity contribution is -0.147. The van der Waals surface area contributed by atoms with E-state index >= 15 is 0 Å². The van der Waals surface area contributed by atoms with Crippen LogP contribution in [0.5, 0.6) is 0 Å². The van der Waals surface area contributed by atoms with Crippen LogP contribution >= 0.6 is 0 Å². The van der Waals surface area contributed by atoms with Gasteiger partial charge in [-0.2, -0.15) is 0 Å². The van der Waals surface area contributed by atoms with Gasteiger partial charge in [-0.15, -0.1) is 0 Å². The summed E-state index contributed by atoms with van der Waals surface area (Å²) in [5.74, 6) is -0.0374. The Hall–Kier alpha value is -1.10. The van der Waals surface area contributed by atoms with Gasteiger partial charge in [0.2, 0.25) is 5.91 Å². The molecule has 0 radical (unpaired) electrons. The summed E-state index contributed by atoms with van der Waals surface area (Å²) < 4.78 is 4.75. The highest BCUT2D eigenvalue weighted by Gasteiger charge is 2.33. The lowest BCUT2D eigenvalue weighted by Gasteiger charge is -2.33. The molecule has 2 N–H and O–H groups in total. The average molecular weight is 256 g/mol. The maximum absolute atomic E-state index is 12.1. The van der Waals surface area contributed by atoms with Crippen LogP contribution in [0.3, 0.4) is 0 Å². The van der Waals surface area contributed by atoms with Gasteiger partial charge in [-0.05, 0) is 24.9 Å². The number of carbonyl (C=O) groups is 2. The van der Waals surface area contributed by atoms with Crippen molar-refractivity contribution in [3.05, 3.63) is 0 Å². The van der Waals surface area contributed by atoms with E-state index in [2.05, 4.69) is 10.6 Å². The Kier molecular flexibility index (Phi) is 5.59. The number of ether oxygens (including phenoxy) is 1. The fourth-order valence-corrected chi connectivity index (χ4v) is 1.96. The van der Waals surface area contributed by atoms with Gasteiger partial charge >= 0.3 is 5.97 Å². The first-order valence-electron chi connectivity index (χ1n) is 6.60. The van der Waals surface area contributed by atoms with Crippen LogP contribution in [0.25, 0.3) is 0 Å². The SMILES string of the molecule is CCC(C)C(NC(=O)C(C)C1CNC1)C(=O)OC. The molecule has 104 valence electrons. The fraction of sp³-hybridized carbons (Fsp3) is 0.846. The number of amides is 1. The maximum Gasteiger partial charge on any atom is 0.328 e. The molecular formula is C13H24N2O3. The standard InChI is InChI=1S/C13H24N2O3/c1-5-8(2)11(13(17)18-4)15-12(16)9(3)10-6-14-7-10/h8-11,14H,5-7H2,1-4H3,(H,15,16). The van der Waals surface area contributed by atoms with Crippen LogP contribution in [0.2, 0.25) is 0 Å². The van der Waals surface area contributed by atoms with Crippen LogP contribution in [0.4, 0.5) is 0 Å². The van der Waals surface area contributed by atoms with Crippen molar-refractivity contribution in [2.45, 2.75) is 33.2 Å². The molecule has 0 aromatic rings. The molecule has 1 aliphatic heterocycles. The number of methoxy groups -OCH3 is 1. The van der Waals surface area contributed by atoms with E-state index in [-0.39, 0.29) is 23.7 Å². The van der Waals surface area contributed by atoms with E-state index in [1.165, 1.54) is 7.11 Å². The molecule has 18 heavy (non-hydrogen) atoms.